The van der Waals surface area contributed by atoms with Crippen LogP contribution in [0.15, 0.2) is 24.4 Å². The fraction of sp³-hybridized carbons (Fsp3) is 0.357. The van der Waals surface area contributed by atoms with Gasteiger partial charge in [0.15, 0.2) is 0 Å². The quantitative estimate of drug-likeness (QED) is 0.899. The zero-order valence-corrected chi connectivity index (χ0v) is 12.1. The van der Waals surface area contributed by atoms with E-state index in [0.29, 0.717) is 17.9 Å². The van der Waals surface area contributed by atoms with Gasteiger partial charge in [-0.3, -0.25) is 14.7 Å². The molecular weight excluding hydrogens is 290 g/mol. The Morgan fingerprint density at radius 2 is 2.33 bits per heavy atom. The molecule has 1 fully saturated rings. The van der Waals surface area contributed by atoms with E-state index in [-0.39, 0.29) is 18.4 Å². The molecule has 1 amide bonds. The highest BCUT2D eigenvalue weighted by atomic mass is 32.2. The minimum Gasteiger partial charge on any atom is -0.481 e. The Bertz CT molecular complexity index is 685. The lowest BCUT2D eigenvalue weighted by atomic mass is 10.1. The molecule has 0 aliphatic carbocycles. The summed E-state index contributed by atoms with van der Waals surface area (Å²) in [6.45, 7) is 0.588. The number of fused-ring (bicyclic) bond motifs is 1. The first-order chi connectivity index (χ1) is 10.1. The number of thioether (sulfide) groups is 1. The van der Waals surface area contributed by atoms with Crippen LogP contribution in [-0.2, 0) is 4.79 Å². The SMILES string of the molecule is O=C(O)CC1CSCCN1C(=O)c1ccc2[nH]ncc2c1. The van der Waals surface area contributed by atoms with Crippen molar-refractivity contribution in [1.29, 1.82) is 0 Å². The van der Waals surface area contributed by atoms with E-state index in [0.717, 1.165) is 16.7 Å². The van der Waals surface area contributed by atoms with Crippen LogP contribution in [0.4, 0.5) is 0 Å². The number of rotatable bonds is 3. The number of carbonyl (C=O) groups is 2. The number of nitrogens with zero attached hydrogens (tertiary/aromatic N) is 2. The van der Waals surface area contributed by atoms with E-state index in [1.807, 2.05) is 6.07 Å². The van der Waals surface area contributed by atoms with E-state index >= 15 is 0 Å². The van der Waals surface area contributed by atoms with Gasteiger partial charge in [-0.15, -0.1) is 0 Å². The van der Waals surface area contributed by atoms with Crippen molar-refractivity contribution in [2.24, 2.45) is 0 Å². The summed E-state index contributed by atoms with van der Waals surface area (Å²) in [4.78, 5) is 25.3. The van der Waals surface area contributed by atoms with Gasteiger partial charge in [-0.2, -0.15) is 16.9 Å². The number of carboxylic acid groups (broad SMARTS) is 1. The van der Waals surface area contributed by atoms with Gasteiger partial charge in [-0.05, 0) is 18.2 Å². The van der Waals surface area contributed by atoms with Crippen molar-refractivity contribution in [3.05, 3.63) is 30.0 Å². The van der Waals surface area contributed by atoms with E-state index in [1.54, 1.807) is 35.0 Å². The Hall–Kier alpha value is -2.02. The van der Waals surface area contributed by atoms with Crippen LogP contribution in [0.3, 0.4) is 0 Å². The molecule has 21 heavy (non-hydrogen) atoms. The second-order valence-corrected chi connectivity index (χ2v) is 6.15. The first-order valence-electron chi connectivity index (χ1n) is 6.69. The molecule has 1 aliphatic heterocycles. The maximum absolute atomic E-state index is 12.7. The molecule has 1 aromatic heterocycles. The molecule has 0 spiro atoms. The summed E-state index contributed by atoms with van der Waals surface area (Å²) >= 11 is 1.69. The standard InChI is InChI=1S/C14H15N3O3S/c18-13(19)6-11-8-21-4-3-17(11)14(20)9-1-2-12-10(5-9)7-15-16-12/h1-2,5,7,11H,3-4,6,8H2,(H,15,16)(H,18,19). The fourth-order valence-corrected chi connectivity index (χ4v) is 3.60. The molecular formula is C14H15N3O3S. The van der Waals surface area contributed by atoms with Gasteiger partial charge in [-0.25, -0.2) is 0 Å². The predicted octanol–water partition coefficient (Wildman–Crippen LogP) is 1.60. The van der Waals surface area contributed by atoms with Crippen molar-refractivity contribution in [2.45, 2.75) is 12.5 Å². The summed E-state index contributed by atoms with van der Waals surface area (Å²) in [5.74, 6) is 0.539. The van der Waals surface area contributed by atoms with E-state index in [9.17, 15) is 9.59 Å². The summed E-state index contributed by atoms with van der Waals surface area (Å²) in [6.07, 6.45) is 1.67. The second kappa shape index (κ2) is 5.77. The van der Waals surface area contributed by atoms with Crippen LogP contribution >= 0.6 is 11.8 Å². The largest absolute Gasteiger partial charge is 0.481 e. The maximum Gasteiger partial charge on any atom is 0.305 e. The molecule has 2 heterocycles. The third-order valence-corrected chi connectivity index (χ3v) is 4.68. The van der Waals surface area contributed by atoms with Gasteiger partial charge in [0.1, 0.15) is 0 Å². The summed E-state index contributed by atoms with van der Waals surface area (Å²) in [5.41, 5.74) is 1.45. The number of aromatic amines is 1. The molecule has 110 valence electrons. The summed E-state index contributed by atoms with van der Waals surface area (Å²) in [6, 6.07) is 5.12. The third-order valence-electron chi connectivity index (χ3n) is 3.59. The number of aromatic nitrogens is 2. The topological polar surface area (TPSA) is 86.3 Å². The molecule has 2 N–H and O–H groups in total. The highest BCUT2D eigenvalue weighted by Gasteiger charge is 2.29. The first-order valence-corrected chi connectivity index (χ1v) is 7.84. The number of hydrogen-bond acceptors (Lipinski definition) is 4. The minimum atomic E-state index is -0.870. The average molecular weight is 305 g/mol. The predicted molar refractivity (Wildman–Crippen MR) is 80.5 cm³/mol. The number of H-pyrrole nitrogens is 1. The Kier molecular flexibility index (Phi) is 3.83. The van der Waals surface area contributed by atoms with Crippen LogP contribution in [0.5, 0.6) is 0 Å². The maximum atomic E-state index is 12.7. The second-order valence-electron chi connectivity index (χ2n) is 5.00. The van der Waals surface area contributed by atoms with Gasteiger partial charge in [0.25, 0.3) is 5.91 Å². The highest BCUT2D eigenvalue weighted by molar-refractivity contribution is 7.99. The zero-order valence-electron chi connectivity index (χ0n) is 11.3. The zero-order chi connectivity index (χ0) is 14.8. The highest BCUT2D eigenvalue weighted by Crippen LogP contribution is 2.22. The molecule has 3 rings (SSSR count). The van der Waals surface area contributed by atoms with Crippen molar-refractivity contribution in [1.82, 2.24) is 15.1 Å². The fourth-order valence-electron chi connectivity index (χ4n) is 2.53. The average Bonchev–Trinajstić information content (AvgIpc) is 2.94. The molecule has 1 aliphatic rings. The number of benzene rings is 1. The van der Waals surface area contributed by atoms with Gasteiger partial charge in [0, 0.05) is 29.0 Å². The number of amides is 1. The monoisotopic (exact) mass is 305 g/mol. The number of aliphatic carboxylic acids is 1. The number of carboxylic acids is 1. The normalized spacial score (nSPS) is 18.9. The van der Waals surface area contributed by atoms with Gasteiger partial charge in [0.05, 0.1) is 24.2 Å². The lowest BCUT2D eigenvalue weighted by Gasteiger charge is -2.34. The van der Waals surface area contributed by atoms with Crippen LogP contribution in [0.25, 0.3) is 10.9 Å². The van der Waals surface area contributed by atoms with Crippen LogP contribution < -0.4 is 0 Å². The molecule has 1 atom stereocenters. The van der Waals surface area contributed by atoms with Gasteiger partial charge < -0.3 is 10.0 Å². The smallest absolute Gasteiger partial charge is 0.305 e. The van der Waals surface area contributed by atoms with Crippen LogP contribution in [0.1, 0.15) is 16.8 Å². The van der Waals surface area contributed by atoms with Crippen LogP contribution in [0, 0.1) is 0 Å². The van der Waals surface area contributed by atoms with E-state index in [4.69, 9.17) is 5.11 Å². The molecule has 2 aromatic rings. The number of hydrogen-bond donors (Lipinski definition) is 2. The molecule has 0 saturated carbocycles. The van der Waals surface area contributed by atoms with Crippen molar-refractivity contribution in [2.75, 3.05) is 18.1 Å². The minimum absolute atomic E-state index is 0.00725. The van der Waals surface area contributed by atoms with Gasteiger partial charge in [0.2, 0.25) is 0 Å². The van der Waals surface area contributed by atoms with Crippen LogP contribution in [-0.4, -0.2) is 56.2 Å². The summed E-state index contributed by atoms with van der Waals surface area (Å²) in [5, 5.41) is 16.6. The number of carbonyl (C=O) groups excluding carboxylic acids is 1. The molecule has 6 nitrogen and oxygen atoms in total. The third kappa shape index (κ3) is 2.87. The Labute approximate surface area is 125 Å². The lowest BCUT2D eigenvalue weighted by molar-refractivity contribution is -0.138. The molecule has 0 bridgehead atoms. The van der Waals surface area contributed by atoms with Crippen molar-refractivity contribution in [3.63, 3.8) is 0 Å². The molecule has 1 saturated heterocycles. The van der Waals surface area contributed by atoms with Crippen molar-refractivity contribution >= 4 is 34.5 Å². The Morgan fingerprint density at radius 3 is 3.14 bits per heavy atom. The van der Waals surface area contributed by atoms with Crippen molar-refractivity contribution < 1.29 is 14.7 Å². The van der Waals surface area contributed by atoms with E-state index in [2.05, 4.69) is 10.2 Å². The summed E-state index contributed by atoms with van der Waals surface area (Å²) in [7, 11) is 0. The lowest BCUT2D eigenvalue weighted by Crippen LogP contribution is -2.47. The summed E-state index contributed by atoms with van der Waals surface area (Å²) < 4.78 is 0. The Balaban J connectivity index is 1.85. The van der Waals surface area contributed by atoms with Gasteiger partial charge in [-0.1, -0.05) is 0 Å². The Morgan fingerprint density at radius 1 is 1.48 bits per heavy atom. The van der Waals surface area contributed by atoms with Crippen molar-refractivity contribution in [3.8, 4) is 0 Å². The molecule has 0 radical (unpaired) electrons. The first kappa shape index (κ1) is 13.9. The van der Waals surface area contributed by atoms with Crippen LogP contribution in [0.2, 0.25) is 0 Å². The molecule has 1 aromatic carbocycles. The van der Waals surface area contributed by atoms with E-state index in [1.165, 1.54) is 0 Å². The number of nitrogens with one attached hydrogen (secondary N) is 1. The molecule has 7 heteroatoms. The van der Waals surface area contributed by atoms with Gasteiger partial charge >= 0.3 is 5.97 Å². The molecule has 1 unspecified atom stereocenters. The van der Waals surface area contributed by atoms with E-state index < -0.39 is 5.97 Å².